The van der Waals surface area contributed by atoms with Gasteiger partial charge in [0.25, 0.3) is 11.5 Å². The Morgan fingerprint density at radius 1 is 1.00 bits per heavy atom. The molecule has 1 amide bonds. The Bertz CT molecular complexity index is 1550. The number of carbonyl (C=O) groups excluding carboxylic acids is 2. The van der Waals surface area contributed by atoms with Crippen LogP contribution in [0.5, 0.6) is 5.75 Å². The SMILES string of the molecule is COc1ccc(S(=O)(=O)N2CCCCCC2)cc1C(=O)OC(C)C(=O)Nc1c(C)n(C)n(-c2ccccc2)c1=O. The molecule has 1 fully saturated rings. The van der Waals surface area contributed by atoms with Crippen molar-refractivity contribution in [3.05, 3.63) is 70.1 Å². The standard InChI is InChI=1S/C28H34N4O7S/c1-19-25(27(34)32(30(19)3)21-12-8-7-9-13-21)29-26(33)20(2)39-28(35)23-18-22(14-15-24(23)38-4)40(36,37)31-16-10-5-6-11-17-31/h7-9,12-15,18,20H,5-6,10-11,16-17H2,1-4H3,(H,29,33). The second kappa shape index (κ2) is 12.1. The van der Waals surface area contributed by atoms with Gasteiger partial charge in [-0.25, -0.2) is 17.9 Å². The molecule has 40 heavy (non-hydrogen) atoms. The number of esters is 1. The van der Waals surface area contributed by atoms with Crippen LogP contribution in [0.15, 0.2) is 58.2 Å². The van der Waals surface area contributed by atoms with E-state index in [0.717, 1.165) is 25.7 Å². The molecule has 2 heterocycles. The average Bonchev–Trinajstić information content (AvgIpc) is 3.15. The molecular weight excluding hydrogens is 536 g/mol. The fourth-order valence-corrected chi connectivity index (χ4v) is 6.20. The molecule has 1 N–H and O–H groups in total. The monoisotopic (exact) mass is 570 g/mol. The van der Waals surface area contributed by atoms with Gasteiger partial charge in [0.05, 0.1) is 23.4 Å². The van der Waals surface area contributed by atoms with Gasteiger partial charge in [-0.05, 0) is 57.0 Å². The van der Waals surface area contributed by atoms with Crippen molar-refractivity contribution in [2.24, 2.45) is 7.05 Å². The minimum atomic E-state index is -3.83. The third-order valence-corrected chi connectivity index (χ3v) is 8.94. The van der Waals surface area contributed by atoms with Crippen molar-refractivity contribution < 1.29 is 27.5 Å². The summed E-state index contributed by atoms with van der Waals surface area (Å²) in [6.45, 7) is 3.88. The highest BCUT2D eigenvalue weighted by Gasteiger charge is 2.29. The quantitative estimate of drug-likeness (QED) is 0.412. The summed E-state index contributed by atoms with van der Waals surface area (Å²) in [5.74, 6) is -1.54. The number of carbonyl (C=O) groups is 2. The summed E-state index contributed by atoms with van der Waals surface area (Å²) in [6, 6.07) is 13.0. The van der Waals surface area contributed by atoms with Crippen LogP contribution in [-0.2, 0) is 26.6 Å². The van der Waals surface area contributed by atoms with Crippen LogP contribution in [-0.4, -0.2) is 60.3 Å². The number of nitrogens with one attached hydrogen (secondary N) is 1. The van der Waals surface area contributed by atoms with Gasteiger partial charge >= 0.3 is 5.97 Å². The molecular formula is C28H34N4O7S. The van der Waals surface area contributed by atoms with Crippen LogP contribution in [0.4, 0.5) is 5.69 Å². The highest BCUT2D eigenvalue weighted by Crippen LogP contribution is 2.27. The lowest BCUT2D eigenvalue weighted by atomic mass is 10.2. The summed E-state index contributed by atoms with van der Waals surface area (Å²) in [7, 11) is -0.790. The highest BCUT2D eigenvalue weighted by atomic mass is 32.2. The summed E-state index contributed by atoms with van der Waals surface area (Å²) >= 11 is 0. The molecule has 1 aliphatic rings. The van der Waals surface area contributed by atoms with Crippen LogP contribution < -0.4 is 15.6 Å². The molecule has 0 radical (unpaired) electrons. The van der Waals surface area contributed by atoms with Crippen LogP contribution in [0.2, 0.25) is 0 Å². The molecule has 1 atom stereocenters. The van der Waals surface area contributed by atoms with E-state index in [1.807, 2.05) is 6.07 Å². The predicted molar refractivity (Wildman–Crippen MR) is 149 cm³/mol. The number of benzene rings is 2. The van der Waals surface area contributed by atoms with E-state index in [2.05, 4.69) is 5.32 Å². The van der Waals surface area contributed by atoms with E-state index in [-0.39, 0.29) is 21.9 Å². The third-order valence-electron chi connectivity index (χ3n) is 7.05. The van der Waals surface area contributed by atoms with Crippen molar-refractivity contribution in [2.75, 3.05) is 25.5 Å². The smallest absolute Gasteiger partial charge is 0.342 e. The number of methoxy groups -OCH3 is 1. The summed E-state index contributed by atoms with van der Waals surface area (Å²) in [6.07, 6.45) is 2.18. The molecule has 214 valence electrons. The Hall–Kier alpha value is -3.90. The molecule has 1 aliphatic heterocycles. The number of hydrogen-bond donors (Lipinski definition) is 1. The van der Waals surface area contributed by atoms with Crippen molar-refractivity contribution >= 4 is 27.6 Å². The zero-order chi connectivity index (χ0) is 29.0. The van der Waals surface area contributed by atoms with Gasteiger partial charge in [0.1, 0.15) is 17.0 Å². The molecule has 2 aromatic carbocycles. The lowest BCUT2D eigenvalue weighted by molar-refractivity contribution is -0.123. The largest absolute Gasteiger partial charge is 0.496 e. The topological polar surface area (TPSA) is 129 Å². The molecule has 1 saturated heterocycles. The van der Waals surface area contributed by atoms with Crippen LogP contribution in [0, 0.1) is 6.92 Å². The molecule has 4 rings (SSSR count). The third kappa shape index (κ3) is 5.82. The number of sulfonamides is 1. The van der Waals surface area contributed by atoms with Gasteiger partial charge in [-0.2, -0.15) is 4.31 Å². The molecule has 0 bridgehead atoms. The molecule has 3 aromatic rings. The number of nitrogens with zero attached hydrogens (tertiary/aromatic N) is 3. The number of rotatable bonds is 8. The predicted octanol–water partition coefficient (Wildman–Crippen LogP) is 3.24. The number of ether oxygens (including phenoxy) is 2. The lowest BCUT2D eigenvalue weighted by Gasteiger charge is -2.21. The van der Waals surface area contributed by atoms with Gasteiger partial charge in [0.2, 0.25) is 10.0 Å². The van der Waals surface area contributed by atoms with Crippen molar-refractivity contribution in [2.45, 2.75) is 50.5 Å². The Balaban J connectivity index is 1.53. The van der Waals surface area contributed by atoms with E-state index in [1.165, 1.54) is 41.2 Å². The maximum Gasteiger partial charge on any atom is 0.342 e. The minimum Gasteiger partial charge on any atom is -0.496 e. The van der Waals surface area contributed by atoms with Crippen LogP contribution >= 0.6 is 0 Å². The van der Waals surface area contributed by atoms with Crippen LogP contribution in [0.3, 0.4) is 0 Å². The van der Waals surface area contributed by atoms with Crippen molar-refractivity contribution in [3.63, 3.8) is 0 Å². The summed E-state index contributed by atoms with van der Waals surface area (Å²) in [5.41, 5.74) is 0.628. The Labute approximate surface area is 233 Å². The van der Waals surface area contributed by atoms with Crippen molar-refractivity contribution in [1.29, 1.82) is 0 Å². The summed E-state index contributed by atoms with van der Waals surface area (Å²) in [4.78, 5) is 39.2. The Kier molecular flexibility index (Phi) is 8.79. The zero-order valence-electron chi connectivity index (χ0n) is 23.0. The summed E-state index contributed by atoms with van der Waals surface area (Å²) in [5, 5.41) is 2.58. The molecule has 0 spiro atoms. The van der Waals surface area contributed by atoms with Gasteiger partial charge < -0.3 is 14.8 Å². The van der Waals surface area contributed by atoms with Gasteiger partial charge in [-0.15, -0.1) is 0 Å². The second-order valence-corrected chi connectivity index (χ2v) is 11.6. The van der Waals surface area contributed by atoms with Crippen molar-refractivity contribution in [3.8, 4) is 11.4 Å². The number of anilines is 1. The van der Waals surface area contributed by atoms with E-state index >= 15 is 0 Å². The number of aromatic nitrogens is 2. The maximum absolute atomic E-state index is 13.3. The number of para-hydroxylation sites is 1. The molecule has 1 aromatic heterocycles. The zero-order valence-corrected chi connectivity index (χ0v) is 23.9. The molecule has 0 aliphatic carbocycles. The van der Waals surface area contributed by atoms with Gasteiger partial charge in [-0.3, -0.25) is 14.3 Å². The first-order chi connectivity index (χ1) is 19.1. The highest BCUT2D eigenvalue weighted by molar-refractivity contribution is 7.89. The first-order valence-corrected chi connectivity index (χ1v) is 14.5. The molecule has 1 unspecified atom stereocenters. The van der Waals surface area contributed by atoms with Crippen molar-refractivity contribution in [1.82, 2.24) is 13.7 Å². The normalized spacial score (nSPS) is 15.2. The molecule has 12 heteroatoms. The first kappa shape index (κ1) is 29.1. The second-order valence-electron chi connectivity index (χ2n) is 9.65. The van der Waals surface area contributed by atoms with E-state index in [0.29, 0.717) is 24.5 Å². The Morgan fingerprint density at radius 2 is 1.65 bits per heavy atom. The van der Waals surface area contributed by atoms with Gasteiger partial charge in [0.15, 0.2) is 6.10 Å². The first-order valence-electron chi connectivity index (χ1n) is 13.1. The maximum atomic E-state index is 13.3. The summed E-state index contributed by atoms with van der Waals surface area (Å²) < 4.78 is 41.7. The van der Waals surface area contributed by atoms with Gasteiger partial charge in [-0.1, -0.05) is 31.0 Å². The fourth-order valence-electron chi connectivity index (χ4n) is 4.65. The average molecular weight is 571 g/mol. The van der Waals surface area contributed by atoms with Crippen LogP contribution in [0.1, 0.15) is 48.7 Å². The fraction of sp³-hybridized carbons (Fsp3) is 0.393. The molecule has 11 nitrogen and oxygen atoms in total. The lowest BCUT2D eigenvalue weighted by Crippen LogP contribution is -2.33. The number of amides is 1. The van der Waals surface area contributed by atoms with Crippen LogP contribution in [0.25, 0.3) is 5.69 Å². The van der Waals surface area contributed by atoms with E-state index in [9.17, 15) is 22.8 Å². The van der Waals surface area contributed by atoms with E-state index in [1.54, 1.807) is 42.9 Å². The van der Waals surface area contributed by atoms with Gasteiger partial charge in [0, 0.05) is 20.1 Å². The molecule has 0 saturated carbocycles. The van der Waals surface area contributed by atoms with E-state index < -0.39 is 33.6 Å². The number of hydrogen-bond acceptors (Lipinski definition) is 7. The Morgan fingerprint density at radius 3 is 2.27 bits per heavy atom. The van der Waals surface area contributed by atoms with E-state index in [4.69, 9.17) is 9.47 Å². The minimum absolute atomic E-state index is 0.0550.